The number of rotatable bonds is 2. The molecule has 0 spiro atoms. The van der Waals surface area contributed by atoms with Gasteiger partial charge in [0.2, 0.25) is 0 Å². The first kappa shape index (κ1) is 9.38. The van der Waals surface area contributed by atoms with Crippen LogP contribution in [0.3, 0.4) is 0 Å². The van der Waals surface area contributed by atoms with Gasteiger partial charge in [0.15, 0.2) is 0 Å². The van der Waals surface area contributed by atoms with E-state index in [1.54, 1.807) is 7.05 Å². The van der Waals surface area contributed by atoms with Gasteiger partial charge >= 0.3 is 6.03 Å². The molecule has 70 valence electrons. The second kappa shape index (κ2) is 4.35. The van der Waals surface area contributed by atoms with Crippen LogP contribution in [0.15, 0.2) is 24.3 Å². The number of hydrogen-bond acceptors (Lipinski definition) is 2. The molecule has 0 unspecified atom stereocenters. The quantitative estimate of drug-likeness (QED) is 0.644. The minimum atomic E-state index is -0.211. The van der Waals surface area contributed by atoms with Gasteiger partial charge in [-0.3, -0.25) is 0 Å². The van der Waals surface area contributed by atoms with Crippen LogP contribution in [0, 0.1) is 0 Å². The molecule has 0 aliphatic rings. The SMILES string of the molecule is CNC(=O)Nc1ccc(NC)cc1. The number of carbonyl (C=O) groups is 1. The van der Waals surface area contributed by atoms with Crippen molar-refractivity contribution in [3.8, 4) is 0 Å². The van der Waals surface area contributed by atoms with E-state index >= 15 is 0 Å². The highest BCUT2D eigenvalue weighted by atomic mass is 16.2. The van der Waals surface area contributed by atoms with Crippen LogP contribution in [-0.4, -0.2) is 20.1 Å². The van der Waals surface area contributed by atoms with Crippen molar-refractivity contribution < 1.29 is 4.79 Å². The van der Waals surface area contributed by atoms with Gasteiger partial charge in [-0.25, -0.2) is 4.79 Å². The second-order valence-electron chi connectivity index (χ2n) is 2.53. The van der Waals surface area contributed by atoms with Crippen LogP contribution >= 0.6 is 0 Å². The van der Waals surface area contributed by atoms with Gasteiger partial charge < -0.3 is 16.0 Å². The average molecular weight is 179 g/mol. The van der Waals surface area contributed by atoms with Crippen molar-refractivity contribution in [2.75, 3.05) is 24.7 Å². The Bertz CT molecular complexity index is 281. The summed E-state index contributed by atoms with van der Waals surface area (Å²) in [6, 6.07) is 7.25. The lowest BCUT2D eigenvalue weighted by Crippen LogP contribution is -2.24. The van der Waals surface area contributed by atoms with Gasteiger partial charge in [0.05, 0.1) is 0 Å². The molecular weight excluding hydrogens is 166 g/mol. The lowest BCUT2D eigenvalue weighted by molar-refractivity contribution is 0.254. The molecule has 0 radical (unpaired) electrons. The van der Waals surface area contributed by atoms with Crippen molar-refractivity contribution in [3.63, 3.8) is 0 Å². The highest BCUT2D eigenvalue weighted by molar-refractivity contribution is 5.89. The van der Waals surface area contributed by atoms with Crippen LogP contribution in [0.1, 0.15) is 0 Å². The number of anilines is 2. The molecule has 0 saturated heterocycles. The van der Waals surface area contributed by atoms with Gasteiger partial charge in [-0.15, -0.1) is 0 Å². The highest BCUT2D eigenvalue weighted by Crippen LogP contribution is 2.12. The maximum Gasteiger partial charge on any atom is 0.318 e. The Labute approximate surface area is 77.3 Å². The van der Waals surface area contributed by atoms with E-state index in [1.165, 1.54) is 0 Å². The molecule has 0 bridgehead atoms. The molecule has 0 fully saturated rings. The number of carbonyl (C=O) groups excluding carboxylic acids is 1. The fourth-order valence-electron chi connectivity index (χ4n) is 0.914. The second-order valence-corrected chi connectivity index (χ2v) is 2.53. The zero-order chi connectivity index (χ0) is 9.68. The van der Waals surface area contributed by atoms with E-state index < -0.39 is 0 Å². The Hall–Kier alpha value is -1.71. The van der Waals surface area contributed by atoms with E-state index in [4.69, 9.17) is 0 Å². The van der Waals surface area contributed by atoms with Gasteiger partial charge in [0.1, 0.15) is 0 Å². The normalized spacial score (nSPS) is 9.08. The monoisotopic (exact) mass is 179 g/mol. The zero-order valence-corrected chi connectivity index (χ0v) is 7.72. The molecular formula is C9H13N3O. The first-order chi connectivity index (χ1) is 6.26. The molecule has 1 rings (SSSR count). The lowest BCUT2D eigenvalue weighted by Gasteiger charge is -2.05. The minimum absolute atomic E-state index is 0.211. The molecule has 3 N–H and O–H groups in total. The zero-order valence-electron chi connectivity index (χ0n) is 7.72. The number of amides is 2. The largest absolute Gasteiger partial charge is 0.388 e. The maximum atomic E-state index is 10.9. The highest BCUT2D eigenvalue weighted by Gasteiger charge is 1.96. The predicted molar refractivity (Wildman–Crippen MR) is 54.1 cm³/mol. The molecule has 4 heteroatoms. The standard InChI is InChI=1S/C9H13N3O/c1-10-7-3-5-8(6-4-7)12-9(13)11-2/h3-6,10H,1-2H3,(H2,11,12,13). The van der Waals surface area contributed by atoms with E-state index in [-0.39, 0.29) is 6.03 Å². The topological polar surface area (TPSA) is 53.2 Å². The van der Waals surface area contributed by atoms with E-state index in [1.807, 2.05) is 31.3 Å². The predicted octanol–water partition coefficient (Wildman–Crippen LogP) is 1.48. The number of benzene rings is 1. The fourth-order valence-corrected chi connectivity index (χ4v) is 0.914. The lowest BCUT2D eigenvalue weighted by atomic mass is 10.3. The summed E-state index contributed by atoms with van der Waals surface area (Å²) in [5, 5.41) is 8.13. The number of nitrogens with one attached hydrogen (secondary N) is 3. The van der Waals surface area contributed by atoms with Crippen LogP contribution < -0.4 is 16.0 Å². The smallest absolute Gasteiger partial charge is 0.318 e. The molecule has 0 aliphatic heterocycles. The average Bonchev–Trinajstić information content (AvgIpc) is 2.19. The Kier molecular flexibility index (Phi) is 3.14. The molecule has 0 heterocycles. The van der Waals surface area contributed by atoms with E-state index in [2.05, 4.69) is 16.0 Å². The van der Waals surface area contributed by atoms with Gasteiger partial charge in [0, 0.05) is 25.5 Å². The van der Waals surface area contributed by atoms with Crippen LogP contribution in [0.5, 0.6) is 0 Å². The summed E-state index contributed by atoms with van der Waals surface area (Å²) in [5.41, 5.74) is 1.79. The van der Waals surface area contributed by atoms with Gasteiger partial charge in [-0.05, 0) is 24.3 Å². The van der Waals surface area contributed by atoms with E-state index in [0.29, 0.717) is 0 Å². The van der Waals surface area contributed by atoms with Crippen molar-refractivity contribution in [2.24, 2.45) is 0 Å². The summed E-state index contributed by atoms with van der Waals surface area (Å²) in [5.74, 6) is 0. The molecule has 1 aromatic rings. The van der Waals surface area contributed by atoms with E-state index in [9.17, 15) is 4.79 Å². The molecule has 0 aromatic heterocycles. The third kappa shape index (κ3) is 2.66. The Morgan fingerprint density at radius 3 is 2.08 bits per heavy atom. The molecule has 1 aromatic carbocycles. The summed E-state index contributed by atoms with van der Waals surface area (Å²) < 4.78 is 0. The van der Waals surface area contributed by atoms with E-state index in [0.717, 1.165) is 11.4 Å². The van der Waals surface area contributed by atoms with Crippen molar-refractivity contribution >= 4 is 17.4 Å². The summed E-state index contributed by atoms with van der Waals surface area (Å²) in [6.45, 7) is 0. The third-order valence-corrected chi connectivity index (χ3v) is 1.66. The van der Waals surface area contributed by atoms with Crippen LogP contribution in [0.25, 0.3) is 0 Å². The molecule has 0 atom stereocenters. The Balaban J connectivity index is 2.64. The third-order valence-electron chi connectivity index (χ3n) is 1.66. The van der Waals surface area contributed by atoms with Crippen molar-refractivity contribution in [1.82, 2.24) is 5.32 Å². The minimum Gasteiger partial charge on any atom is -0.388 e. The first-order valence-electron chi connectivity index (χ1n) is 4.03. The molecule has 13 heavy (non-hydrogen) atoms. The van der Waals surface area contributed by atoms with Crippen LogP contribution in [-0.2, 0) is 0 Å². The van der Waals surface area contributed by atoms with Crippen LogP contribution in [0.4, 0.5) is 16.2 Å². The Morgan fingerprint density at radius 2 is 1.62 bits per heavy atom. The van der Waals surface area contributed by atoms with Crippen LogP contribution in [0.2, 0.25) is 0 Å². The summed E-state index contributed by atoms with van der Waals surface area (Å²) in [4.78, 5) is 10.9. The maximum absolute atomic E-state index is 10.9. The molecule has 0 saturated carbocycles. The van der Waals surface area contributed by atoms with Crippen molar-refractivity contribution in [1.29, 1.82) is 0 Å². The number of urea groups is 1. The van der Waals surface area contributed by atoms with Gasteiger partial charge in [0.25, 0.3) is 0 Å². The summed E-state index contributed by atoms with van der Waals surface area (Å²) in [6.07, 6.45) is 0. The number of hydrogen-bond donors (Lipinski definition) is 3. The van der Waals surface area contributed by atoms with Gasteiger partial charge in [-0.2, -0.15) is 0 Å². The molecule has 2 amide bonds. The molecule has 0 aliphatic carbocycles. The Morgan fingerprint density at radius 1 is 1.08 bits per heavy atom. The molecule has 4 nitrogen and oxygen atoms in total. The first-order valence-corrected chi connectivity index (χ1v) is 4.03. The van der Waals surface area contributed by atoms with Crippen molar-refractivity contribution in [2.45, 2.75) is 0 Å². The summed E-state index contributed by atoms with van der Waals surface area (Å²) in [7, 11) is 3.43. The van der Waals surface area contributed by atoms with Gasteiger partial charge in [-0.1, -0.05) is 0 Å². The summed E-state index contributed by atoms with van der Waals surface area (Å²) >= 11 is 0. The fraction of sp³-hybridized carbons (Fsp3) is 0.222. The van der Waals surface area contributed by atoms with Crippen molar-refractivity contribution in [3.05, 3.63) is 24.3 Å².